The van der Waals surface area contributed by atoms with Crippen LogP contribution in [0.15, 0.2) is 11.6 Å². The summed E-state index contributed by atoms with van der Waals surface area (Å²) in [5.74, 6) is -1.13. The van der Waals surface area contributed by atoms with Crippen molar-refractivity contribution in [1.29, 1.82) is 0 Å². The number of amides is 2. The Kier molecular flexibility index (Phi) is 12.3. The molecule has 0 aromatic carbocycles. The van der Waals surface area contributed by atoms with Gasteiger partial charge in [0.05, 0.1) is 11.6 Å². The smallest absolute Gasteiger partial charge is 0.331 e. The molecule has 34 heavy (non-hydrogen) atoms. The van der Waals surface area contributed by atoms with E-state index in [-0.39, 0.29) is 41.3 Å². The number of likely N-dealkylation sites (N-methyl/N-ethyl adjacent to an activating group) is 1. The van der Waals surface area contributed by atoms with E-state index in [1.165, 1.54) is 0 Å². The summed E-state index contributed by atoms with van der Waals surface area (Å²) in [4.78, 5) is 40.6. The van der Waals surface area contributed by atoms with E-state index in [0.29, 0.717) is 12.8 Å². The van der Waals surface area contributed by atoms with Crippen molar-refractivity contribution in [3.63, 3.8) is 0 Å². The number of hydrogen-bond donors (Lipinski definition) is 3. The molecule has 1 aliphatic carbocycles. The van der Waals surface area contributed by atoms with Gasteiger partial charge in [-0.25, -0.2) is 4.79 Å². The minimum Gasteiger partial charge on any atom is -0.478 e. The van der Waals surface area contributed by atoms with Crippen molar-refractivity contribution in [1.82, 2.24) is 15.5 Å². The van der Waals surface area contributed by atoms with Crippen LogP contribution in [0.3, 0.4) is 0 Å². The Balaban J connectivity index is 3.30. The minimum absolute atomic E-state index is 0.0309. The van der Waals surface area contributed by atoms with Crippen molar-refractivity contribution >= 4 is 17.8 Å². The van der Waals surface area contributed by atoms with Crippen molar-refractivity contribution in [3.05, 3.63) is 11.6 Å². The SMILES string of the molecule is CCC(C)NC(CC)(CC)C(=O)N[C@H](C(=O)N(C)[C@H](/C=C(\C)C(=O)O)C(C)C)C1CCCCC1. The molecule has 0 saturated heterocycles. The Morgan fingerprint density at radius 1 is 1.06 bits per heavy atom. The van der Waals surface area contributed by atoms with Crippen molar-refractivity contribution in [2.75, 3.05) is 7.05 Å². The maximum Gasteiger partial charge on any atom is 0.331 e. The number of carboxylic acid groups (broad SMARTS) is 1. The normalized spacial score (nSPS) is 18.3. The molecule has 3 atom stereocenters. The Morgan fingerprint density at radius 2 is 1.62 bits per heavy atom. The highest BCUT2D eigenvalue weighted by Gasteiger charge is 2.41. The highest BCUT2D eigenvalue weighted by molar-refractivity contribution is 5.92. The number of rotatable bonds is 13. The predicted octanol–water partition coefficient (Wildman–Crippen LogP) is 4.51. The molecule has 0 radical (unpaired) electrons. The minimum atomic E-state index is -0.990. The molecule has 1 unspecified atom stereocenters. The van der Waals surface area contributed by atoms with Gasteiger partial charge in [-0.05, 0) is 57.8 Å². The second kappa shape index (κ2) is 13.9. The van der Waals surface area contributed by atoms with Gasteiger partial charge in [0.1, 0.15) is 6.04 Å². The van der Waals surface area contributed by atoms with E-state index in [1.807, 2.05) is 27.7 Å². The fourth-order valence-corrected chi connectivity index (χ4v) is 4.99. The first-order chi connectivity index (χ1) is 15.9. The zero-order valence-electron chi connectivity index (χ0n) is 22.7. The molecule has 3 N–H and O–H groups in total. The summed E-state index contributed by atoms with van der Waals surface area (Å²) in [6.07, 6.45) is 8.91. The second-order valence-corrected chi connectivity index (χ2v) is 10.4. The lowest BCUT2D eigenvalue weighted by Crippen LogP contribution is -2.63. The fraction of sp³-hybridized carbons (Fsp3) is 0.815. The van der Waals surface area contributed by atoms with Gasteiger partial charge < -0.3 is 20.6 Å². The van der Waals surface area contributed by atoms with E-state index in [1.54, 1.807) is 24.9 Å². The molecule has 0 heterocycles. The lowest BCUT2D eigenvalue weighted by atomic mass is 9.82. The zero-order valence-corrected chi connectivity index (χ0v) is 22.7. The molecule has 0 bridgehead atoms. The van der Waals surface area contributed by atoms with Crippen LogP contribution in [0.4, 0.5) is 0 Å². The van der Waals surface area contributed by atoms with E-state index in [9.17, 15) is 19.5 Å². The van der Waals surface area contributed by atoms with Crippen LogP contribution in [-0.2, 0) is 14.4 Å². The summed E-state index contributed by atoms with van der Waals surface area (Å²) < 4.78 is 0. The molecule has 196 valence electrons. The third-order valence-electron chi connectivity index (χ3n) is 7.69. The molecular formula is C27H49N3O4. The van der Waals surface area contributed by atoms with Crippen LogP contribution < -0.4 is 10.6 Å². The van der Waals surface area contributed by atoms with Gasteiger partial charge in [0.15, 0.2) is 0 Å². The molecule has 1 aliphatic rings. The second-order valence-electron chi connectivity index (χ2n) is 10.4. The van der Waals surface area contributed by atoms with Gasteiger partial charge >= 0.3 is 5.97 Å². The lowest BCUT2D eigenvalue weighted by molar-refractivity contribution is -0.141. The molecule has 1 fully saturated rings. The molecule has 0 spiro atoms. The molecule has 0 aromatic rings. The van der Waals surface area contributed by atoms with Crippen molar-refractivity contribution in [2.24, 2.45) is 11.8 Å². The molecule has 0 aliphatic heterocycles. The Hall–Kier alpha value is -1.89. The Morgan fingerprint density at radius 3 is 2.06 bits per heavy atom. The standard InChI is InChI=1S/C27H49N3O4/c1-9-20(7)29-27(10-2,11-3)26(34)28-23(21-15-13-12-14-16-21)24(31)30(8)22(18(4)5)17-19(6)25(32)33/h17-18,20-23,29H,9-16H2,1-8H3,(H,28,34)(H,32,33)/b19-17+/t20?,22-,23+/m1/s1. The quantitative estimate of drug-likeness (QED) is 0.338. The average molecular weight is 480 g/mol. The fourth-order valence-electron chi connectivity index (χ4n) is 4.99. The highest BCUT2D eigenvalue weighted by atomic mass is 16.4. The van der Waals surface area contributed by atoms with Crippen LogP contribution >= 0.6 is 0 Å². The van der Waals surface area contributed by atoms with Gasteiger partial charge in [-0.2, -0.15) is 0 Å². The van der Waals surface area contributed by atoms with Crippen LogP contribution in [0.1, 0.15) is 99.8 Å². The summed E-state index contributed by atoms with van der Waals surface area (Å²) in [5.41, 5.74) is -0.510. The van der Waals surface area contributed by atoms with Gasteiger partial charge in [0.2, 0.25) is 11.8 Å². The maximum atomic E-state index is 13.9. The molecule has 0 aromatic heterocycles. The van der Waals surface area contributed by atoms with E-state index in [4.69, 9.17) is 0 Å². The summed E-state index contributed by atoms with van der Waals surface area (Å²) >= 11 is 0. The molecule has 2 amide bonds. The van der Waals surface area contributed by atoms with E-state index in [2.05, 4.69) is 24.5 Å². The summed E-state index contributed by atoms with van der Waals surface area (Å²) in [6.45, 7) is 13.7. The van der Waals surface area contributed by atoms with Crippen LogP contribution in [-0.4, -0.2) is 58.5 Å². The number of nitrogens with zero attached hydrogens (tertiary/aromatic N) is 1. The van der Waals surface area contributed by atoms with Crippen LogP contribution in [0.25, 0.3) is 0 Å². The number of carboxylic acids is 1. The molecule has 1 rings (SSSR count). The number of carbonyl (C=O) groups is 3. The van der Waals surface area contributed by atoms with E-state index < -0.39 is 17.6 Å². The third-order valence-corrected chi connectivity index (χ3v) is 7.69. The summed E-state index contributed by atoms with van der Waals surface area (Å²) in [7, 11) is 1.73. The Labute approximate surface area is 207 Å². The first-order valence-electron chi connectivity index (χ1n) is 13.2. The molecular weight excluding hydrogens is 430 g/mol. The summed E-state index contributed by atoms with van der Waals surface area (Å²) in [5, 5.41) is 16.1. The number of aliphatic carboxylic acids is 1. The molecule has 7 nitrogen and oxygen atoms in total. The van der Waals surface area contributed by atoms with Gasteiger partial charge in [-0.1, -0.05) is 60.0 Å². The summed E-state index contributed by atoms with van der Waals surface area (Å²) in [6, 6.07) is -0.799. The first kappa shape index (κ1) is 30.1. The van der Waals surface area contributed by atoms with Crippen molar-refractivity contribution in [2.45, 2.75) is 123 Å². The predicted molar refractivity (Wildman–Crippen MR) is 137 cm³/mol. The van der Waals surface area contributed by atoms with Crippen LogP contribution in [0.2, 0.25) is 0 Å². The number of nitrogens with one attached hydrogen (secondary N) is 2. The van der Waals surface area contributed by atoms with Gasteiger partial charge in [-0.15, -0.1) is 0 Å². The lowest BCUT2D eigenvalue weighted by Gasteiger charge is -2.40. The average Bonchev–Trinajstić information content (AvgIpc) is 2.83. The molecule has 1 saturated carbocycles. The first-order valence-corrected chi connectivity index (χ1v) is 13.2. The highest BCUT2D eigenvalue weighted by Crippen LogP contribution is 2.29. The topological polar surface area (TPSA) is 98.7 Å². The van der Waals surface area contributed by atoms with E-state index in [0.717, 1.165) is 38.5 Å². The van der Waals surface area contributed by atoms with Crippen LogP contribution in [0.5, 0.6) is 0 Å². The molecule has 7 heteroatoms. The maximum absolute atomic E-state index is 13.9. The van der Waals surface area contributed by atoms with Gasteiger partial charge in [0.25, 0.3) is 0 Å². The monoisotopic (exact) mass is 479 g/mol. The van der Waals surface area contributed by atoms with Crippen molar-refractivity contribution < 1.29 is 19.5 Å². The largest absolute Gasteiger partial charge is 0.478 e. The van der Waals surface area contributed by atoms with Gasteiger partial charge in [0, 0.05) is 18.7 Å². The van der Waals surface area contributed by atoms with Crippen LogP contribution in [0, 0.1) is 11.8 Å². The zero-order chi connectivity index (χ0) is 26.1. The van der Waals surface area contributed by atoms with Crippen molar-refractivity contribution in [3.8, 4) is 0 Å². The Bertz CT molecular complexity index is 709. The number of carbonyl (C=O) groups excluding carboxylic acids is 2. The van der Waals surface area contributed by atoms with Gasteiger partial charge in [-0.3, -0.25) is 9.59 Å². The number of hydrogen-bond acceptors (Lipinski definition) is 4. The van der Waals surface area contributed by atoms with E-state index >= 15 is 0 Å². The third kappa shape index (κ3) is 7.82.